The van der Waals surface area contributed by atoms with E-state index >= 15 is 0 Å². The second-order valence-corrected chi connectivity index (χ2v) is 4.18. The lowest BCUT2D eigenvalue weighted by atomic mass is 10.1. The zero-order valence-corrected chi connectivity index (χ0v) is 14.7. The molecule has 3 N–H and O–H groups in total. The molecule has 0 unspecified atom stereocenters. The second-order valence-electron chi connectivity index (χ2n) is 4.18. The number of nitrogens with zero attached hydrogens (tertiary/aromatic N) is 1. The third-order valence-electron chi connectivity index (χ3n) is 2.71. The highest BCUT2D eigenvalue weighted by Gasteiger charge is 2.01. The topological polar surface area (TPSA) is 65.9 Å². The van der Waals surface area contributed by atoms with Crippen molar-refractivity contribution in [1.82, 2.24) is 10.6 Å². The Morgan fingerprint density at radius 2 is 2.05 bits per heavy atom. The number of hydrogen-bond acceptors (Lipinski definition) is 3. The Morgan fingerprint density at radius 1 is 1.33 bits per heavy atom. The van der Waals surface area contributed by atoms with E-state index in [-0.39, 0.29) is 30.6 Å². The van der Waals surface area contributed by atoms with Crippen LogP contribution in [0.2, 0.25) is 0 Å². The van der Waals surface area contributed by atoms with Crippen molar-refractivity contribution in [2.45, 2.75) is 13.2 Å². The molecule has 0 aliphatic heterocycles. The van der Waals surface area contributed by atoms with Gasteiger partial charge in [-0.2, -0.15) is 0 Å². The van der Waals surface area contributed by atoms with E-state index in [9.17, 15) is 5.11 Å². The lowest BCUT2D eigenvalue weighted by Gasteiger charge is -2.11. The summed E-state index contributed by atoms with van der Waals surface area (Å²) in [5, 5.41) is 15.6. The number of benzene rings is 1. The van der Waals surface area contributed by atoms with Gasteiger partial charge < -0.3 is 20.5 Å². The first-order valence-electron chi connectivity index (χ1n) is 6.61. The van der Waals surface area contributed by atoms with Gasteiger partial charge in [0, 0.05) is 20.2 Å². The van der Waals surface area contributed by atoms with Crippen molar-refractivity contribution in [2.24, 2.45) is 4.99 Å². The number of aliphatic hydroxyl groups is 1. The molecule has 1 aromatic carbocycles. The van der Waals surface area contributed by atoms with E-state index in [4.69, 9.17) is 4.74 Å². The van der Waals surface area contributed by atoms with Crippen molar-refractivity contribution in [1.29, 1.82) is 0 Å². The van der Waals surface area contributed by atoms with E-state index in [0.717, 1.165) is 11.1 Å². The van der Waals surface area contributed by atoms with Crippen LogP contribution >= 0.6 is 24.0 Å². The van der Waals surface area contributed by atoms with E-state index in [2.05, 4.69) is 22.2 Å². The molecule has 0 aliphatic carbocycles. The van der Waals surface area contributed by atoms with Crippen LogP contribution in [0.5, 0.6) is 0 Å². The quantitative estimate of drug-likeness (QED) is 0.202. The van der Waals surface area contributed by atoms with Gasteiger partial charge in [0.1, 0.15) is 0 Å². The van der Waals surface area contributed by atoms with Gasteiger partial charge in [-0.1, -0.05) is 30.3 Å². The van der Waals surface area contributed by atoms with Gasteiger partial charge in [0.25, 0.3) is 0 Å². The molecule has 0 fully saturated rings. The molecule has 0 saturated heterocycles. The minimum absolute atomic E-state index is 0. The highest BCUT2D eigenvalue weighted by molar-refractivity contribution is 14.0. The molecule has 5 nitrogen and oxygen atoms in total. The maximum Gasteiger partial charge on any atom is 0.191 e. The second kappa shape index (κ2) is 12.6. The summed E-state index contributed by atoms with van der Waals surface area (Å²) in [6, 6.07) is 7.72. The monoisotopic (exact) mass is 405 g/mol. The predicted molar refractivity (Wildman–Crippen MR) is 97.0 cm³/mol. The molecule has 118 valence electrons. The number of nitrogens with one attached hydrogen (secondary N) is 2. The van der Waals surface area contributed by atoms with Crippen molar-refractivity contribution < 1.29 is 9.84 Å². The van der Waals surface area contributed by atoms with Gasteiger partial charge in [-0.05, 0) is 11.1 Å². The zero-order chi connectivity index (χ0) is 14.6. The molecular formula is C15H24IN3O2. The van der Waals surface area contributed by atoms with Crippen molar-refractivity contribution in [2.75, 3.05) is 26.8 Å². The summed E-state index contributed by atoms with van der Waals surface area (Å²) in [6.45, 7) is 6.14. The lowest BCUT2D eigenvalue weighted by Crippen LogP contribution is -2.39. The summed E-state index contributed by atoms with van der Waals surface area (Å²) in [5.41, 5.74) is 1.91. The Kier molecular flexibility index (Phi) is 11.9. The Morgan fingerprint density at radius 3 is 2.67 bits per heavy atom. The van der Waals surface area contributed by atoms with Gasteiger partial charge in [0.15, 0.2) is 5.96 Å². The average Bonchev–Trinajstić information content (AvgIpc) is 2.49. The Labute approximate surface area is 143 Å². The van der Waals surface area contributed by atoms with Crippen LogP contribution in [0.1, 0.15) is 11.1 Å². The minimum atomic E-state index is 0. The number of aliphatic imine (C=N–C) groups is 1. The molecule has 0 saturated carbocycles. The number of aliphatic hydroxyl groups excluding tert-OH is 1. The van der Waals surface area contributed by atoms with Crippen LogP contribution in [0.3, 0.4) is 0 Å². The Hall–Kier alpha value is -1.12. The summed E-state index contributed by atoms with van der Waals surface area (Å²) in [5.74, 6) is 0.703. The molecule has 6 heteroatoms. The zero-order valence-electron chi connectivity index (χ0n) is 12.3. The van der Waals surface area contributed by atoms with E-state index < -0.39 is 0 Å². The van der Waals surface area contributed by atoms with Crippen molar-refractivity contribution in [3.05, 3.63) is 48.0 Å². The summed E-state index contributed by atoms with van der Waals surface area (Å²) in [7, 11) is 1.66. The fourth-order valence-electron chi connectivity index (χ4n) is 1.64. The molecule has 0 atom stereocenters. The maximum atomic E-state index is 9.29. The summed E-state index contributed by atoms with van der Waals surface area (Å²) < 4.78 is 5.00. The molecule has 0 radical (unpaired) electrons. The molecule has 1 aromatic rings. The summed E-state index contributed by atoms with van der Waals surface area (Å²) >= 11 is 0. The first-order valence-corrected chi connectivity index (χ1v) is 6.61. The molecule has 21 heavy (non-hydrogen) atoms. The van der Waals surface area contributed by atoms with E-state index in [1.165, 1.54) is 0 Å². The van der Waals surface area contributed by atoms with Crippen LogP contribution < -0.4 is 10.6 Å². The number of halogens is 1. The highest BCUT2D eigenvalue weighted by Crippen LogP contribution is 2.09. The smallest absolute Gasteiger partial charge is 0.191 e. The Balaban J connectivity index is 0.00000400. The van der Waals surface area contributed by atoms with Crippen LogP contribution in [0, 0.1) is 0 Å². The molecular weight excluding hydrogens is 381 g/mol. The predicted octanol–water partition coefficient (Wildman–Crippen LogP) is 1.66. The maximum absolute atomic E-state index is 9.29. The highest BCUT2D eigenvalue weighted by atomic mass is 127. The Bertz CT molecular complexity index is 439. The minimum Gasteiger partial charge on any atom is -0.392 e. The number of guanidine groups is 1. The van der Waals surface area contributed by atoms with Gasteiger partial charge in [0.05, 0.1) is 19.8 Å². The molecule has 0 spiro atoms. The first kappa shape index (κ1) is 19.9. The van der Waals surface area contributed by atoms with Crippen LogP contribution in [0.4, 0.5) is 0 Å². The summed E-state index contributed by atoms with van der Waals surface area (Å²) in [6.07, 6.45) is 1.77. The van der Waals surface area contributed by atoms with Crippen LogP contribution in [0.15, 0.2) is 41.9 Å². The van der Waals surface area contributed by atoms with Crippen molar-refractivity contribution in [3.63, 3.8) is 0 Å². The molecule has 0 heterocycles. The average molecular weight is 405 g/mol. The van der Waals surface area contributed by atoms with Crippen LogP contribution in [-0.4, -0.2) is 37.9 Å². The van der Waals surface area contributed by atoms with Crippen molar-refractivity contribution in [3.8, 4) is 0 Å². The molecule has 1 rings (SSSR count). The standard InChI is InChI=1S/C15H23N3O2.HI/c1-3-8-16-15(17-9-10-20-2)18-11-13-6-4-5-7-14(13)12-19;/h3-7,19H,1,8-12H2,2H3,(H2,16,17,18);1H. The van der Waals surface area contributed by atoms with Gasteiger partial charge in [-0.25, -0.2) is 4.99 Å². The van der Waals surface area contributed by atoms with E-state index in [0.29, 0.717) is 32.2 Å². The van der Waals surface area contributed by atoms with Gasteiger partial charge >= 0.3 is 0 Å². The molecule has 0 aromatic heterocycles. The molecule has 0 amide bonds. The first-order chi connectivity index (χ1) is 9.81. The lowest BCUT2D eigenvalue weighted by molar-refractivity contribution is 0.203. The normalized spacial score (nSPS) is 10.7. The van der Waals surface area contributed by atoms with Gasteiger partial charge in [-0.3, -0.25) is 0 Å². The molecule has 0 bridgehead atoms. The number of hydrogen-bond donors (Lipinski definition) is 3. The SMILES string of the molecule is C=CCNC(=NCc1ccccc1CO)NCCOC.I. The number of ether oxygens (including phenoxy) is 1. The third-order valence-corrected chi connectivity index (χ3v) is 2.71. The third kappa shape index (κ3) is 8.03. The number of methoxy groups -OCH3 is 1. The van der Waals surface area contributed by atoms with Gasteiger partial charge in [0.2, 0.25) is 0 Å². The molecule has 0 aliphatic rings. The fourth-order valence-corrected chi connectivity index (χ4v) is 1.64. The van der Waals surface area contributed by atoms with E-state index in [1.54, 1.807) is 13.2 Å². The number of rotatable bonds is 8. The van der Waals surface area contributed by atoms with Gasteiger partial charge in [-0.15, -0.1) is 30.6 Å². The fraction of sp³-hybridized carbons (Fsp3) is 0.400. The largest absolute Gasteiger partial charge is 0.392 e. The van der Waals surface area contributed by atoms with Crippen LogP contribution in [0.25, 0.3) is 0 Å². The van der Waals surface area contributed by atoms with Crippen molar-refractivity contribution >= 4 is 29.9 Å². The van der Waals surface area contributed by atoms with E-state index in [1.807, 2.05) is 24.3 Å². The van der Waals surface area contributed by atoms with Crippen LogP contribution in [-0.2, 0) is 17.9 Å². The summed E-state index contributed by atoms with van der Waals surface area (Å²) in [4.78, 5) is 4.49.